The van der Waals surface area contributed by atoms with Gasteiger partial charge in [0.05, 0.1) is 17.8 Å². The summed E-state index contributed by atoms with van der Waals surface area (Å²) < 4.78 is 1.75. The van der Waals surface area contributed by atoms with E-state index in [0.717, 1.165) is 6.54 Å². The first-order chi connectivity index (χ1) is 9.10. The van der Waals surface area contributed by atoms with Crippen LogP contribution in [0.4, 0.5) is 5.69 Å². The van der Waals surface area contributed by atoms with Crippen LogP contribution in [0.1, 0.15) is 32.6 Å². The normalized spacial score (nSPS) is 23.0. The summed E-state index contributed by atoms with van der Waals surface area (Å²) >= 11 is 0. The first kappa shape index (κ1) is 13.6. The fourth-order valence-corrected chi connectivity index (χ4v) is 2.45. The third-order valence-corrected chi connectivity index (χ3v) is 3.67. The molecule has 1 fully saturated rings. The fraction of sp³-hybridized carbons (Fsp3) is 0.615. The topological polar surface area (TPSA) is 84.2 Å². The van der Waals surface area contributed by atoms with E-state index in [0.29, 0.717) is 31.4 Å². The van der Waals surface area contributed by atoms with Crippen molar-refractivity contribution in [2.45, 2.75) is 39.2 Å². The molecule has 2 rings (SSSR count). The Labute approximate surface area is 111 Å². The van der Waals surface area contributed by atoms with Crippen molar-refractivity contribution in [3.8, 4) is 0 Å². The lowest BCUT2D eigenvalue weighted by Gasteiger charge is -2.24. The van der Waals surface area contributed by atoms with E-state index in [1.165, 1.54) is 0 Å². The molecule has 1 aliphatic rings. The van der Waals surface area contributed by atoms with E-state index in [-0.39, 0.29) is 17.7 Å². The number of aromatic nitrogens is 2. The Morgan fingerprint density at radius 2 is 2.00 bits per heavy atom. The van der Waals surface area contributed by atoms with Crippen LogP contribution in [0, 0.1) is 11.8 Å². The molecule has 1 aliphatic carbocycles. The molecule has 104 valence electrons. The zero-order valence-corrected chi connectivity index (χ0v) is 11.0. The molecular formula is C13H19N3O3. The van der Waals surface area contributed by atoms with Crippen molar-refractivity contribution in [2.24, 2.45) is 11.8 Å². The molecule has 19 heavy (non-hydrogen) atoms. The Bertz CT molecular complexity index is 461. The fourth-order valence-electron chi connectivity index (χ4n) is 2.45. The summed E-state index contributed by atoms with van der Waals surface area (Å²) in [5.41, 5.74) is 0.701. The summed E-state index contributed by atoms with van der Waals surface area (Å²) in [6.45, 7) is 2.74. The third kappa shape index (κ3) is 3.33. The smallest absolute Gasteiger partial charge is 0.306 e. The Morgan fingerprint density at radius 3 is 2.53 bits per heavy atom. The van der Waals surface area contributed by atoms with E-state index in [9.17, 15) is 9.59 Å². The molecule has 2 N–H and O–H groups in total. The average Bonchev–Trinajstić information content (AvgIpc) is 2.86. The monoisotopic (exact) mass is 265 g/mol. The number of hydrogen-bond acceptors (Lipinski definition) is 3. The highest BCUT2D eigenvalue weighted by molar-refractivity contribution is 5.92. The van der Waals surface area contributed by atoms with E-state index in [4.69, 9.17) is 5.11 Å². The van der Waals surface area contributed by atoms with Crippen molar-refractivity contribution in [1.82, 2.24) is 9.78 Å². The first-order valence-corrected chi connectivity index (χ1v) is 6.66. The molecule has 0 atom stereocenters. The number of carbonyl (C=O) groups is 2. The number of rotatable bonds is 4. The molecule has 0 radical (unpaired) electrons. The molecule has 1 saturated carbocycles. The van der Waals surface area contributed by atoms with Gasteiger partial charge in [-0.3, -0.25) is 14.3 Å². The summed E-state index contributed by atoms with van der Waals surface area (Å²) in [6.07, 6.45) is 5.88. The minimum Gasteiger partial charge on any atom is -0.481 e. The zero-order valence-electron chi connectivity index (χ0n) is 11.0. The highest BCUT2D eigenvalue weighted by Crippen LogP contribution is 2.29. The van der Waals surface area contributed by atoms with Crippen LogP contribution in [0.15, 0.2) is 12.4 Å². The Balaban J connectivity index is 1.86. The maximum Gasteiger partial charge on any atom is 0.306 e. The predicted molar refractivity (Wildman–Crippen MR) is 69.6 cm³/mol. The minimum atomic E-state index is -0.747. The predicted octanol–water partition coefficient (Wildman–Crippen LogP) is 1.73. The number of carboxylic acid groups (broad SMARTS) is 1. The highest BCUT2D eigenvalue weighted by Gasteiger charge is 2.29. The summed E-state index contributed by atoms with van der Waals surface area (Å²) in [7, 11) is 0. The molecular weight excluding hydrogens is 246 g/mol. The molecule has 1 amide bonds. The van der Waals surface area contributed by atoms with E-state index in [2.05, 4.69) is 10.4 Å². The van der Waals surface area contributed by atoms with Crippen LogP contribution < -0.4 is 5.32 Å². The van der Waals surface area contributed by atoms with Gasteiger partial charge in [-0.05, 0) is 32.6 Å². The number of nitrogens with one attached hydrogen (secondary N) is 1. The van der Waals surface area contributed by atoms with Crippen LogP contribution >= 0.6 is 0 Å². The highest BCUT2D eigenvalue weighted by atomic mass is 16.4. The Hall–Kier alpha value is -1.85. The van der Waals surface area contributed by atoms with Gasteiger partial charge in [0, 0.05) is 18.7 Å². The van der Waals surface area contributed by atoms with Crippen LogP contribution in [0.25, 0.3) is 0 Å². The van der Waals surface area contributed by atoms with E-state index < -0.39 is 5.97 Å². The zero-order chi connectivity index (χ0) is 13.8. The number of anilines is 1. The molecule has 6 nitrogen and oxygen atoms in total. The lowest BCUT2D eigenvalue weighted by Crippen LogP contribution is -2.29. The largest absolute Gasteiger partial charge is 0.481 e. The Morgan fingerprint density at radius 1 is 1.37 bits per heavy atom. The summed E-state index contributed by atoms with van der Waals surface area (Å²) in [5.74, 6) is -1.14. The summed E-state index contributed by atoms with van der Waals surface area (Å²) in [4.78, 5) is 22.9. The van der Waals surface area contributed by atoms with Crippen LogP contribution in [0.2, 0.25) is 0 Å². The van der Waals surface area contributed by atoms with Gasteiger partial charge in [0.15, 0.2) is 0 Å². The third-order valence-electron chi connectivity index (χ3n) is 3.67. The second-order valence-corrected chi connectivity index (χ2v) is 4.96. The van der Waals surface area contributed by atoms with Gasteiger partial charge in [-0.15, -0.1) is 0 Å². The lowest BCUT2D eigenvalue weighted by atomic mass is 9.81. The van der Waals surface area contributed by atoms with Gasteiger partial charge in [-0.25, -0.2) is 0 Å². The molecule has 1 heterocycles. The van der Waals surface area contributed by atoms with Gasteiger partial charge in [0.25, 0.3) is 0 Å². The lowest BCUT2D eigenvalue weighted by molar-refractivity contribution is -0.143. The van der Waals surface area contributed by atoms with E-state index in [1.54, 1.807) is 17.1 Å². The van der Waals surface area contributed by atoms with Gasteiger partial charge < -0.3 is 10.4 Å². The van der Waals surface area contributed by atoms with Gasteiger partial charge in [0.2, 0.25) is 5.91 Å². The molecule has 0 spiro atoms. The van der Waals surface area contributed by atoms with Gasteiger partial charge >= 0.3 is 5.97 Å². The van der Waals surface area contributed by atoms with Crippen molar-refractivity contribution in [2.75, 3.05) is 5.32 Å². The number of aryl methyl sites for hydroxylation is 1. The van der Waals surface area contributed by atoms with E-state index in [1.807, 2.05) is 6.92 Å². The molecule has 0 unspecified atom stereocenters. The average molecular weight is 265 g/mol. The second kappa shape index (κ2) is 5.86. The van der Waals surface area contributed by atoms with Gasteiger partial charge in [-0.2, -0.15) is 5.10 Å². The maximum atomic E-state index is 12.0. The number of nitrogens with zero attached hydrogens (tertiary/aromatic N) is 2. The van der Waals surface area contributed by atoms with Crippen LogP contribution in [0.5, 0.6) is 0 Å². The molecule has 6 heteroatoms. The first-order valence-electron chi connectivity index (χ1n) is 6.66. The van der Waals surface area contributed by atoms with E-state index >= 15 is 0 Å². The summed E-state index contributed by atoms with van der Waals surface area (Å²) in [6, 6.07) is 0. The number of carboxylic acids is 1. The SMILES string of the molecule is CCn1cc(NC(=O)C2CCC(C(=O)O)CC2)cn1. The molecule has 0 aliphatic heterocycles. The van der Waals surface area contributed by atoms with Crippen LogP contribution in [-0.2, 0) is 16.1 Å². The molecule has 0 bridgehead atoms. The number of amides is 1. The maximum absolute atomic E-state index is 12.0. The standard InChI is InChI=1S/C13H19N3O3/c1-2-16-8-11(7-14-16)15-12(17)9-3-5-10(6-4-9)13(18)19/h7-10H,2-6H2,1H3,(H,15,17)(H,18,19). The number of carbonyl (C=O) groups excluding carboxylic acids is 1. The van der Waals surface area contributed by atoms with Crippen LogP contribution in [-0.4, -0.2) is 26.8 Å². The quantitative estimate of drug-likeness (QED) is 0.868. The van der Waals surface area contributed by atoms with Crippen LogP contribution in [0.3, 0.4) is 0 Å². The van der Waals surface area contributed by atoms with Crippen molar-refractivity contribution in [1.29, 1.82) is 0 Å². The molecule has 1 aromatic rings. The van der Waals surface area contributed by atoms with Crippen molar-refractivity contribution in [3.05, 3.63) is 12.4 Å². The van der Waals surface area contributed by atoms with Crippen molar-refractivity contribution < 1.29 is 14.7 Å². The van der Waals surface area contributed by atoms with Crippen molar-refractivity contribution >= 4 is 17.6 Å². The second-order valence-electron chi connectivity index (χ2n) is 4.96. The Kier molecular flexibility index (Phi) is 4.19. The molecule has 0 saturated heterocycles. The molecule has 1 aromatic heterocycles. The van der Waals surface area contributed by atoms with Gasteiger partial charge in [0.1, 0.15) is 0 Å². The number of hydrogen-bond donors (Lipinski definition) is 2. The molecule has 0 aromatic carbocycles. The van der Waals surface area contributed by atoms with Crippen molar-refractivity contribution in [3.63, 3.8) is 0 Å². The minimum absolute atomic E-state index is 0.0282. The number of aliphatic carboxylic acids is 1. The summed E-state index contributed by atoms with van der Waals surface area (Å²) in [5, 5.41) is 15.8. The van der Waals surface area contributed by atoms with Gasteiger partial charge in [-0.1, -0.05) is 0 Å².